The molecule has 0 saturated carbocycles. The van der Waals surface area contributed by atoms with E-state index >= 15 is 0 Å². The molecular formula is C33H33N3O5S. The van der Waals surface area contributed by atoms with Gasteiger partial charge >= 0.3 is 6.09 Å². The van der Waals surface area contributed by atoms with Gasteiger partial charge in [-0.1, -0.05) is 42.5 Å². The fraction of sp³-hybridized carbons (Fsp3) is 0.273. The van der Waals surface area contributed by atoms with Gasteiger partial charge in [0.05, 0.1) is 17.2 Å². The molecule has 0 bridgehead atoms. The van der Waals surface area contributed by atoms with Crippen LogP contribution in [0.25, 0.3) is 11.1 Å². The number of hydrogen-bond donors (Lipinski definition) is 1. The van der Waals surface area contributed by atoms with Crippen LogP contribution in [0.2, 0.25) is 0 Å². The summed E-state index contributed by atoms with van der Waals surface area (Å²) in [6.45, 7) is 1.14. The molecule has 1 fully saturated rings. The lowest BCUT2D eigenvalue weighted by atomic mass is 9.82. The van der Waals surface area contributed by atoms with E-state index in [0.717, 1.165) is 53.7 Å². The van der Waals surface area contributed by atoms with Gasteiger partial charge in [-0.2, -0.15) is 0 Å². The van der Waals surface area contributed by atoms with Crippen LogP contribution < -0.4 is 15.2 Å². The molecule has 3 aromatic carbocycles. The number of benzene rings is 3. The topological polar surface area (TPSA) is 112 Å². The summed E-state index contributed by atoms with van der Waals surface area (Å²) in [5.41, 5.74) is 10.6. The van der Waals surface area contributed by atoms with Crippen molar-refractivity contribution in [2.45, 2.75) is 42.8 Å². The molecule has 0 aliphatic carbocycles. The first kappa shape index (κ1) is 27.8. The normalized spacial score (nSPS) is 16.0. The first-order chi connectivity index (χ1) is 20.3. The summed E-state index contributed by atoms with van der Waals surface area (Å²) in [5, 5.41) is 0. The van der Waals surface area contributed by atoms with Crippen molar-refractivity contribution in [2.75, 3.05) is 18.8 Å². The van der Waals surface area contributed by atoms with Gasteiger partial charge in [0.25, 0.3) is 0 Å². The van der Waals surface area contributed by atoms with E-state index in [1.165, 1.54) is 0 Å². The summed E-state index contributed by atoms with van der Waals surface area (Å²) in [6.07, 6.45) is 4.49. The Morgan fingerprint density at radius 3 is 2.43 bits per heavy atom. The number of pyridine rings is 1. The van der Waals surface area contributed by atoms with Gasteiger partial charge in [0.1, 0.15) is 17.1 Å². The Bertz CT molecular complexity index is 1680. The van der Waals surface area contributed by atoms with Crippen molar-refractivity contribution < 1.29 is 22.7 Å². The highest BCUT2D eigenvalue weighted by molar-refractivity contribution is 7.89. The Balaban J connectivity index is 1.06. The molecule has 1 saturated heterocycles. The van der Waals surface area contributed by atoms with Crippen LogP contribution in [0.5, 0.6) is 11.5 Å². The number of piperidine rings is 1. The zero-order valence-corrected chi connectivity index (χ0v) is 24.1. The summed E-state index contributed by atoms with van der Waals surface area (Å²) >= 11 is 0. The number of nitrogens with zero attached hydrogens (tertiary/aromatic N) is 2. The van der Waals surface area contributed by atoms with E-state index in [9.17, 15) is 13.2 Å². The molecule has 1 spiro atoms. The average Bonchev–Trinajstić information content (AvgIpc) is 2.98. The first-order valence-corrected chi connectivity index (χ1v) is 15.9. The monoisotopic (exact) mass is 583 g/mol. The summed E-state index contributed by atoms with van der Waals surface area (Å²) < 4.78 is 37.4. The van der Waals surface area contributed by atoms with Crippen LogP contribution in [-0.2, 0) is 27.8 Å². The Hall–Kier alpha value is -4.37. The van der Waals surface area contributed by atoms with Crippen molar-refractivity contribution in [1.82, 2.24) is 9.88 Å². The number of likely N-dealkylation sites (tertiary alicyclic amines) is 1. The Morgan fingerprint density at radius 1 is 0.905 bits per heavy atom. The number of hydrogen-bond acceptors (Lipinski definition) is 7. The Labute approximate surface area is 246 Å². The maximum absolute atomic E-state index is 12.7. The number of nitrogens with two attached hydrogens (primary N) is 1. The second-order valence-corrected chi connectivity index (χ2v) is 13.1. The van der Waals surface area contributed by atoms with E-state index in [1.54, 1.807) is 53.6 Å². The second kappa shape index (κ2) is 11.5. The van der Waals surface area contributed by atoms with Crippen LogP contribution in [0, 0.1) is 0 Å². The van der Waals surface area contributed by atoms with Crippen LogP contribution in [0.3, 0.4) is 0 Å². The molecule has 2 N–H and O–H groups in total. The number of carbonyl (C=O) groups excluding carboxylic acids is 1. The van der Waals surface area contributed by atoms with Crippen LogP contribution >= 0.6 is 0 Å². The lowest BCUT2D eigenvalue weighted by Gasteiger charge is -2.44. The SMILES string of the molecule is Nc1cccc(OC(=O)N2CCC3(CCc4cc(-c5ccc(CS(=O)(=O)Cc6ccccn6)cc5)ccc4O3)CC2)c1. The molecule has 3 heterocycles. The van der Waals surface area contributed by atoms with Gasteiger partial charge in [0, 0.05) is 43.9 Å². The van der Waals surface area contributed by atoms with Crippen molar-refractivity contribution in [3.63, 3.8) is 0 Å². The molecule has 4 aromatic rings. The average molecular weight is 584 g/mol. The molecule has 2 aliphatic heterocycles. The number of ether oxygens (including phenoxy) is 2. The van der Waals surface area contributed by atoms with Crippen molar-refractivity contribution in [3.8, 4) is 22.6 Å². The zero-order chi connectivity index (χ0) is 29.2. The predicted molar refractivity (Wildman–Crippen MR) is 162 cm³/mol. The highest BCUT2D eigenvalue weighted by atomic mass is 32.2. The van der Waals surface area contributed by atoms with Crippen LogP contribution in [0.4, 0.5) is 10.5 Å². The molecule has 216 valence electrons. The third-order valence-electron chi connectivity index (χ3n) is 8.00. The molecule has 2 aliphatic rings. The number of carbonyl (C=O) groups is 1. The standard InChI is InChI=1S/C33H33N3O5S/c34-28-4-3-6-30(21-28)40-32(37)36-18-15-33(16-19-36)14-13-27-20-26(11-12-31(27)41-33)25-9-7-24(8-10-25)22-42(38,39)23-29-5-1-2-17-35-29/h1-12,17,20-21H,13-16,18-19,22-23,34H2. The van der Waals surface area contributed by atoms with Crippen molar-refractivity contribution >= 4 is 21.6 Å². The van der Waals surface area contributed by atoms with Crippen molar-refractivity contribution in [2.24, 2.45) is 0 Å². The largest absolute Gasteiger partial charge is 0.487 e. The lowest BCUT2D eigenvalue weighted by Crippen LogP contribution is -2.51. The van der Waals surface area contributed by atoms with Gasteiger partial charge in [-0.05, 0) is 71.5 Å². The summed E-state index contributed by atoms with van der Waals surface area (Å²) in [5.74, 6) is 1.23. The molecular weight excluding hydrogens is 550 g/mol. The van der Waals surface area contributed by atoms with Crippen LogP contribution in [0.15, 0.2) is 91.1 Å². The molecule has 1 aromatic heterocycles. The third kappa shape index (κ3) is 6.41. The van der Waals surface area contributed by atoms with E-state index in [1.807, 2.05) is 36.4 Å². The fourth-order valence-electron chi connectivity index (χ4n) is 5.70. The lowest BCUT2D eigenvalue weighted by molar-refractivity contribution is -0.00947. The molecule has 0 unspecified atom stereocenters. The van der Waals surface area contributed by atoms with Gasteiger partial charge in [-0.15, -0.1) is 0 Å². The van der Waals surface area contributed by atoms with E-state index in [4.69, 9.17) is 15.2 Å². The molecule has 0 radical (unpaired) electrons. The number of fused-ring (bicyclic) bond motifs is 1. The predicted octanol–water partition coefficient (Wildman–Crippen LogP) is 5.80. The number of anilines is 1. The first-order valence-electron chi connectivity index (χ1n) is 14.1. The number of rotatable bonds is 6. The summed E-state index contributed by atoms with van der Waals surface area (Å²) in [4.78, 5) is 18.5. The number of sulfone groups is 1. The maximum atomic E-state index is 12.7. The quantitative estimate of drug-likeness (QED) is 0.285. The number of aryl methyl sites for hydroxylation is 1. The van der Waals surface area contributed by atoms with E-state index in [2.05, 4.69) is 11.1 Å². The third-order valence-corrected chi connectivity index (χ3v) is 9.51. The molecule has 8 nitrogen and oxygen atoms in total. The molecule has 42 heavy (non-hydrogen) atoms. The van der Waals surface area contributed by atoms with Gasteiger partial charge < -0.3 is 20.1 Å². The summed E-state index contributed by atoms with van der Waals surface area (Å²) in [7, 11) is -3.33. The smallest absolute Gasteiger partial charge is 0.415 e. The van der Waals surface area contributed by atoms with Crippen LogP contribution in [-0.4, -0.2) is 43.1 Å². The molecule has 1 amide bonds. The van der Waals surface area contributed by atoms with Crippen LogP contribution in [0.1, 0.15) is 36.1 Å². The Morgan fingerprint density at radius 2 is 1.69 bits per heavy atom. The number of nitrogen functional groups attached to an aromatic ring is 1. The molecule has 6 rings (SSSR count). The van der Waals surface area contributed by atoms with E-state index < -0.39 is 9.84 Å². The molecule has 9 heteroatoms. The maximum Gasteiger partial charge on any atom is 0.415 e. The van der Waals surface area contributed by atoms with Gasteiger partial charge in [0.15, 0.2) is 9.84 Å². The van der Waals surface area contributed by atoms with Crippen molar-refractivity contribution in [3.05, 3.63) is 108 Å². The fourth-order valence-corrected chi connectivity index (χ4v) is 7.12. The van der Waals surface area contributed by atoms with E-state index in [-0.39, 0.29) is 23.2 Å². The minimum Gasteiger partial charge on any atom is -0.487 e. The highest BCUT2D eigenvalue weighted by Gasteiger charge is 2.41. The number of amides is 1. The minimum atomic E-state index is -3.33. The minimum absolute atomic E-state index is 0.0278. The molecule has 0 atom stereocenters. The zero-order valence-electron chi connectivity index (χ0n) is 23.2. The second-order valence-electron chi connectivity index (χ2n) is 11.1. The van der Waals surface area contributed by atoms with Gasteiger partial charge in [-0.25, -0.2) is 13.2 Å². The van der Waals surface area contributed by atoms with E-state index in [0.29, 0.717) is 30.2 Å². The van der Waals surface area contributed by atoms with Gasteiger partial charge in [-0.3, -0.25) is 4.98 Å². The van der Waals surface area contributed by atoms with Crippen molar-refractivity contribution in [1.29, 1.82) is 0 Å². The highest BCUT2D eigenvalue weighted by Crippen LogP contribution is 2.41. The summed E-state index contributed by atoms with van der Waals surface area (Å²) in [6, 6.07) is 26.1. The number of aromatic nitrogens is 1. The Kier molecular flexibility index (Phi) is 7.60. The van der Waals surface area contributed by atoms with Gasteiger partial charge in [0.2, 0.25) is 0 Å².